The molecule has 0 bridgehead atoms. The molecule has 0 unspecified atom stereocenters. The van der Waals surface area contributed by atoms with E-state index in [4.69, 9.17) is 5.73 Å². The topological polar surface area (TPSA) is 81.9 Å². The van der Waals surface area contributed by atoms with E-state index in [-0.39, 0.29) is 24.2 Å². The highest BCUT2D eigenvalue weighted by molar-refractivity contribution is 5.98. The van der Waals surface area contributed by atoms with Crippen LogP contribution in [0.1, 0.15) is 51.4 Å². The number of halogens is 2. The lowest BCUT2D eigenvalue weighted by molar-refractivity contribution is -0.146. The lowest BCUT2D eigenvalue weighted by atomic mass is 9.92. The Morgan fingerprint density at radius 1 is 0.938 bits per heavy atom. The number of hydrazine groups is 1. The number of anilines is 2. The van der Waals surface area contributed by atoms with E-state index in [9.17, 15) is 18.4 Å². The summed E-state index contributed by atoms with van der Waals surface area (Å²) < 4.78 is 29.5. The van der Waals surface area contributed by atoms with E-state index in [1.165, 1.54) is 0 Å². The van der Waals surface area contributed by atoms with Gasteiger partial charge in [0.25, 0.3) is 0 Å². The van der Waals surface area contributed by atoms with Gasteiger partial charge in [0.1, 0.15) is 11.6 Å². The summed E-state index contributed by atoms with van der Waals surface area (Å²) in [5.41, 5.74) is 8.46. The van der Waals surface area contributed by atoms with Crippen LogP contribution in [0.25, 0.3) is 0 Å². The second-order valence-electron chi connectivity index (χ2n) is 9.27. The number of rotatable bonds is 6. The maximum Gasteiger partial charge on any atom is 0.248 e. The van der Waals surface area contributed by atoms with Gasteiger partial charge in [0.2, 0.25) is 11.8 Å². The van der Waals surface area contributed by atoms with Gasteiger partial charge in [-0.1, -0.05) is 0 Å². The van der Waals surface area contributed by atoms with E-state index in [1.807, 2.05) is 4.90 Å². The predicted molar refractivity (Wildman–Crippen MR) is 119 cm³/mol. The molecule has 0 aliphatic carbocycles. The van der Waals surface area contributed by atoms with Crippen molar-refractivity contribution in [2.24, 2.45) is 11.7 Å². The number of nitrogens with zero attached hydrogens (tertiary/aromatic N) is 3. The Kier molecular flexibility index (Phi) is 7.25. The fourth-order valence-corrected chi connectivity index (χ4v) is 4.87. The van der Waals surface area contributed by atoms with Crippen LogP contribution in [0.3, 0.4) is 0 Å². The van der Waals surface area contributed by atoms with Crippen molar-refractivity contribution in [2.45, 2.75) is 57.4 Å². The summed E-state index contributed by atoms with van der Waals surface area (Å²) in [6.45, 7) is 4.58. The first-order chi connectivity index (χ1) is 15.4. The second-order valence-corrected chi connectivity index (χ2v) is 9.27. The van der Waals surface area contributed by atoms with Gasteiger partial charge in [0.05, 0.1) is 11.4 Å². The van der Waals surface area contributed by atoms with E-state index in [1.54, 1.807) is 0 Å². The number of nitrogens with one attached hydrogen (secondary N) is 1. The number of nitrogens with two attached hydrogens (primary N) is 1. The van der Waals surface area contributed by atoms with Gasteiger partial charge in [-0.05, 0) is 64.1 Å². The van der Waals surface area contributed by atoms with Crippen molar-refractivity contribution in [3.05, 3.63) is 23.8 Å². The standard InChI is InChI=1S/C23H33F2N5O2/c24-18-15-21(19(25)14-20(18)27-30-22(31)2-1-3-23(30)32)29-12-5-16(6-13-29)4-9-28-10-7-17(26)8-11-28/h14-17,27H,1-13,26H2. The zero-order valence-corrected chi connectivity index (χ0v) is 18.5. The van der Waals surface area contributed by atoms with Crippen LogP contribution in [0, 0.1) is 17.6 Å². The fraction of sp³-hybridized carbons (Fsp3) is 0.652. The molecule has 0 spiro atoms. The average Bonchev–Trinajstić information content (AvgIpc) is 2.78. The summed E-state index contributed by atoms with van der Waals surface area (Å²) >= 11 is 0. The summed E-state index contributed by atoms with van der Waals surface area (Å²) in [5, 5.41) is 0.794. The van der Waals surface area contributed by atoms with Crippen LogP contribution in [0.4, 0.5) is 20.2 Å². The Labute approximate surface area is 187 Å². The first kappa shape index (κ1) is 22.9. The summed E-state index contributed by atoms with van der Waals surface area (Å²) in [6.07, 6.45) is 6.05. The molecule has 3 fully saturated rings. The van der Waals surface area contributed by atoms with Crippen LogP contribution in [0.15, 0.2) is 12.1 Å². The van der Waals surface area contributed by atoms with Gasteiger partial charge in [-0.15, -0.1) is 0 Å². The maximum absolute atomic E-state index is 14.8. The van der Waals surface area contributed by atoms with Gasteiger partial charge in [0, 0.05) is 44.1 Å². The van der Waals surface area contributed by atoms with Gasteiger partial charge in [-0.3, -0.25) is 15.0 Å². The molecule has 0 aromatic heterocycles. The molecule has 3 N–H and O–H groups in total. The minimum atomic E-state index is -0.682. The van der Waals surface area contributed by atoms with Gasteiger partial charge >= 0.3 is 0 Å². The van der Waals surface area contributed by atoms with Gasteiger partial charge in [-0.25, -0.2) is 8.78 Å². The van der Waals surface area contributed by atoms with Gasteiger partial charge in [-0.2, -0.15) is 5.01 Å². The van der Waals surface area contributed by atoms with Crippen LogP contribution in [-0.4, -0.2) is 60.5 Å². The Morgan fingerprint density at radius 2 is 1.59 bits per heavy atom. The first-order valence-corrected chi connectivity index (χ1v) is 11.7. The summed E-state index contributed by atoms with van der Waals surface area (Å²) in [4.78, 5) is 28.2. The van der Waals surface area contributed by atoms with Crippen molar-refractivity contribution >= 4 is 23.2 Å². The minimum absolute atomic E-state index is 0.203. The molecular formula is C23H33F2N5O2. The quantitative estimate of drug-likeness (QED) is 0.650. The van der Waals surface area contributed by atoms with Crippen LogP contribution in [0.2, 0.25) is 0 Å². The molecule has 1 aromatic carbocycles. The van der Waals surface area contributed by atoms with Crippen LogP contribution in [-0.2, 0) is 9.59 Å². The number of hydrogen-bond donors (Lipinski definition) is 2. The number of hydrogen-bond acceptors (Lipinski definition) is 6. The van der Waals surface area contributed by atoms with E-state index in [0.717, 1.165) is 68.9 Å². The Bertz CT molecular complexity index is 820. The van der Waals surface area contributed by atoms with Crippen molar-refractivity contribution < 1.29 is 18.4 Å². The molecule has 4 rings (SSSR count). The molecule has 0 saturated carbocycles. The predicted octanol–water partition coefficient (Wildman–Crippen LogP) is 2.86. The Hall–Kier alpha value is -2.26. The molecule has 2 amide bonds. The zero-order chi connectivity index (χ0) is 22.7. The highest BCUT2D eigenvalue weighted by Gasteiger charge is 2.28. The molecule has 7 nitrogen and oxygen atoms in total. The third-order valence-electron chi connectivity index (χ3n) is 6.99. The molecule has 3 aliphatic rings. The molecule has 32 heavy (non-hydrogen) atoms. The highest BCUT2D eigenvalue weighted by Crippen LogP contribution is 2.31. The molecule has 3 heterocycles. The summed E-state index contributed by atoms with van der Waals surface area (Å²) in [6, 6.07) is 2.54. The SMILES string of the molecule is NC1CCN(CCC2CCN(c3cc(F)c(NN4C(=O)CCCC4=O)cc3F)CC2)CC1. The van der Waals surface area contributed by atoms with Crippen molar-refractivity contribution in [3.8, 4) is 0 Å². The highest BCUT2D eigenvalue weighted by atomic mass is 19.1. The number of carbonyl (C=O) groups is 2. The van der Waals surface area contributed by atoms with Crippen LogP contribution < -0.4 is 16.1 Å². The number of benzene rings is 1. The average molecular weight is 450 g/mol. The van der Waals surface area contributed by atoms with E-state index in [0.29, 0.717) is 31.5 Å². The lowest BCUT2D eigenvalue weighted by Gasteiger charge is -2.36. The van der Waals surface area contributed by atoms with Crippen molar-refractivity contribution in [3.63, 3.8) is 0 Å². The third-order valence-corrected chi connectivity index (χ3v) is 6.99. The van der Waals surface area contributed by atoms with E-state index >= 15 is 0 Å². The monoisotopic (exact) mass is 449 g/mol. The lowest BCUT2D eigenvalue weighted by Crippen LogP contribution is -2.44. The van der Waals surface area contributed by atoms with Crippen molar-refractivity contribution in [1.82, 2.24) is 9.91 Å². The normalized spacial score (nSPS) is 22.0. The molecule has 0 radical (unpaired) electrons. The fourth-order valence-electron chi connectivity index (χ4n) is 4.87. The molecule has 0 atom stereocenters. The van der Waals surface area contributed by atoms with Crippen molar-refractivity contribution in [1.29, 1.82) is 0 Å². The Balaban J connectivity index is 1.31. The van der Waals surface area contributed by atoms with E-state index in [2.05, 4.69) is 10.3 Å². The number of carbonyl (C=O) groups excluding carboxylic acids is 2. The molecule has 3 saturated heterocycles. The Morgan fingerprint density at radius 3 is 2.25 bits per heavy atom. The third kappa shape index (κ3) is 5.38. The maximum atomic E-state index is 14.8. The molecule has 176 valence electrons. The number of amides is 2. The smallest absolute Gasteiger partial charge is 0.248 e. The molecule has 1 aromatic rings. The summed E-state index contributed by atoms with van der Waals surface area (Å²) in [5.74, 6) is -1.52. The number of likely N-dealkylation sites (tertiary alicyclic amines) is 1. The van der Waals surface area contributed by atoms with Crippen molar-refractivity contribution in [2.75, 3.05) is 43.0 Å². The molecule has 9 heteroatoms. The largest absolute Gasteiger partial charge is 0.369 e. The van der Waals surface area contributed by atoms with Crippen LogP contribution in [0.5, 0.6) is 0 Å². The molecular weight excluding hydrogens is 416 g/mol. The van der Waals surface area contributed by atoms with Gasteiger partial charge in [0.15, 0.2) is 0 Å². The first-order valence-electron chi connectivity index (χ1n) is 11.7. The molecule has 3 aliphatic heterocycles. The zero-order valence-electron chi connectivity index (χ0n) is 18.5. The number of imide groups is 1. The van der Waals surface area contributed by atoms with E-state index < -0.39 is 23.4 Å². The summed E-state index contributed by atoms with van der Waals surface area (Å²) in [7, 11) is 0. The minimum Gasteiger partial charge on any atom is -0.369 e. The van der Waals surface area contributed by atoms with Gasteiger partial charge < -0.3 is 15.5 Å². The number of piperidine rings is 3. The van der Waals surface area contributed by atoms with Crippen LogP contribution >= 0.6 is 0 Å². The second kappa shape index (κ2) is 10.1.